The summed E-state index contributed by atoms with van der Waals surface area (Å²) in [7, 11) is 0. The molecule has 5 nitrogen and oxygen atoms in total. The highest BCUT2D eigenvalue weighted by Crippen LogP contribution is 2.38. The van der Waals surface area contributed by atoms with Crippen molar-refractivity contribution >= 4 is 11.9 Å². The number of aliphatic carboxylic acids is 1. The van der Waals surface area contributed by atoms with Crippen molar-refractivity contribution in [1.82, 2.24) is 5.32 Å². The summed E-state index contributed by atoms with van der Waals surface area (Å²) in [5.41, 5.74) is -0.820. The fraction of sp³-hybridized carbons (Fsp3) is 0.846. The van der Waals surface area contributed by atoms with Crippen molar-refractivity contribution in [3.8, 4) is 0 Å². The minimum Gasteiger partial charge on any atom is -0.481 e. The molecule has 1 aliphatic rings. The summed E-state index contributed by atoms with van der Waals surface area (Å²) < 4.78 is 5.24. The van der Waals surface area contributed by atoms with E-state index in [1.54, 1.807) is 6.92 Å². The van der Waals surface area contributed by atoms with E-state index in [1.807, 2.05) is 6.92 Å². The number of carbonyl (C=O) groups excluding carboxylic acids is 1. The molecule has 1 aliphatic carbocycles. The number of ether oxygens (including phenoxy) is 1. The van der Waals surface area contributed by atoms with E-state index in [9.17, 15) is 14.7 Å². The van der Waals surface area contributed by atoms with Gasteiger partial charge in [-0.15, -0.1) is 0 Å². The lowest BCUT2D eigenvalue weighted by molar-refractivity contribution is -0.149. The summed E-state index contributed by atoms with van der Waals surface area (Å²) >= 11 is 0. The maximum absolute atomic E-state index is 11.7. The van der Waals surface area contributed by atoms with Crippen molar-refractivity contribution in [3.05, 3.63) is 0 Å². The quantitative estimate of drug-likeness (QED) is 0.679. The van der Waals surface area contributed by atoms with E-state index in [4.69, 9.17) is 4.74 Å². The second-order valence-electron chi connectivity index (χ2n) is 5.10. The van der Waals surface area contributed by atoms with Crippen LogP contribution in [-0.2, 0) is 14.3 Å². The number of carboxylic acid groups (broad SMARTS) is 1. The van der Waals surface area contributed by atoms with Gasteiger partial charge in [-0.05, 0) is 26.2 Å². The van der Waals surface area contributed by atoms with Gasteiger partial charge in [0.15, 0.2) is 0 Å². The van der Waals surface area contributed by atoms with Gasteiger partial charge >= 0.3 is 5.97 Å². The van der Waals surface area contributed by atoms with Crippen LogP contribution in [0.3, 0.4) is 0 Å². The SMILES string of the molecule is CCCOCCC(=O)NC1CCCC1(C)C(=O)O. The fourth-order valence-electron chi connectivity index (χ4n) is 2.33. The summed E-state index contributed by atoms with van der Waals surface area (Å²) in [5, 5.41) is 12.1. The van der Waals surface area contributed by atoms with Gasteiger partial charge in [-0.3, -0.25) is 9.59 Å². The zero-order valence-corrected chi connectivity index (χ0v) is 11.2. The predicted molar refractivity (Wildman–Crippen MR) is 67.3 cm³/mol. The monoisotopic (exact) mass is 257 g/mol. The van der Waals surface area contributed by atoms with E-state index in [2.05, 4.69) is 5.32 Å². The van der Waals surface area contributed by atoms with Gasteiger partial charge in [0.05, 0.1) is 12.0 Å². The predicted octanol–water partition coefficient (Wildman–Crippen LogP) is 1.56. The van der Waals surface area contributed by atoms with E-state index in [0.717, 1.165) is 19.3 Å². The average molecular weight is 257 g/mol. The van der Waals surface area contributed by atoms with E-state index < -0.39 is 11.4 Å². The van der Waals surface area contributed by atoms with Crippen LogP contribution in [0.5, 0.6) is 0 Å². The number of carbonyl (C=O) groups is 2. The average Bonchev–Trinajstić information content (AvgIpc) is 2.68. The molecule has 0 bridgehead atoms. The molecular weight excluding hydrogens is 234 g/mol. The normalized spacial score (nSPS) is 27.1. The first-order valence-electron chi connectivity index (χ1n) is 6.61. The Bertz CT molecular complexity index is 305. The number of hydrogen-bond acceptors (Lipinski definition) is 3. The maximum atomic E-state index is 11.7. The van der Waals surface area contributed by atoms with Crippen molar-refractivity contribution in [2.45, 2.75) is 52.0 Å². The molecule has 1 rings (SSSR count). The van der Waals surface area contributed by atoms with Crippen LogP contribution in [0.1, 0.15) is 46.0 Å². The topological polar surface area (TPSA) is 75.6 Å². The Morgan fingerprint density at radius 1 is 1.44 bits per heavy atom. The van der Waals surface area contributed by atoms with Crippen molar-refractivity contribution in [2.24, 2.45) is 5.41 Å². The Kier molecular flexibility index (Phi) is 5.59. The summed E-state index contributed by atoms with van der Waals surface area (Å²) in [6, 6.07) is -0.256. The Morgan fingerprint density at radius 2 is 2.17 bits per heavy atom. The van der Waals surface area contributed by atoms with Gasteiger partial charge in [-0.2, -0.15) is 0 Å². The van der Waals surface area contributed by atoms with E-state index >= 15 is 0 Å². The molecule has 1 amide bonds. The van der Waals surface area contributed by atoms with Crippen LogP contribution in [-0.4, -0.2) is 36.2 Å². The van der Waals surface area contributed by atoms with Crippen LogP contribution in [0, 0.1) is 5.41 Å². The van der Waals surface area contributed by atoms with Crippen molar-refractivity contribution in [3.63, 3.8) is 0 Å². The molecule has 0 aromatic heterocycles. The van der Waals surface area contributed by atoms with Gasteiger partial charge in [0, 0.05) is 19.1 Å². The second-order valence-corrected chi connectivity index (χ2v) is 5.10. The summed E-state index contributed by atoms with van der Waals surface area (Å²) in [6.07, 6.45) is 3.44. The van der Waals surface area contributed by atoms with Gasteiger partial charge < -0.3 is 15.2 Å². The summed E-state index contributed by atoms with van der Waals surface area (Å²) in [4.78, 5) is 22.9. The van der Waals surface area contributed by atoms with Crippen LogP contribution in [0.15, 0.2) is 0 Å². The molecule has 2 unspecified atom stereocenters. The molecule has 0 aromatic rings. The molecule has 2 N–H and O–H groups in total. The Balaban J connectivity index is 2.37. The standard InChI is InChI=1S/C13H23NO4/c1-3-8-18-9-6-11(15)14-10-5-4-7-13(10,2)12(16)17/h10H,3-9H2,1-2H3,(H,14,15)(H,16,17). The number of rotatable bonds is 7. The Morgan fingerprint density at radius 3 is 2.78 bits per heavy atom. The van der Waals surface area contributed by atoms with E-state index in [0.29, 0.717) is 26.1 Å². The van der Waals surface area contributed by atoms with Gasteiger partial charge in [0.1, 0.15) is 0 Å². The van der Waals surface area contributed by atoms with Crippen LogP contribution in [0.25, 0.3) is 0 Å². The third-order valence-electron chi connectivity index (χ3n) is 3.60. The molecule has 0 radical (unpaired) electrons. The molecular formula is C13H23NO4. The number of nitrogens with one attached hydrogen (secondary N) is 1. The molecule has 0 saturated heterocycles. The van der Waals surface area contributed by atoms with Gasteiger partial charge in [0.25, 0.3) is 0 Å². The van der Waals surface area contributed by atoms with Crippen molar-refractivity contribution < 1.29 is 19.4 Å². The molecule has 0 aliphatic heterocycles. The van der Waals surface area contributed by atoms with E-state index in [-0.39, 0.29) is 11.9 Å². The molecule has 0 heterocycles. The molecule has 104 valence electrons. The maximum Gasteiger partial charge on any atom is 0.311 e. The van der Waals surface area contributed by atoms with Crippen LogP contribution in [0.2, 0.25) is 0 Å². The lowest BCUT2D eigenvalue weighted by Crippen LogP contribution is -2.47. The van der Waals surface area contributed by atoms with Crippen LogP contribution >= 0.6 is 0 Å². The number of hydrogen-bond donors (Lipinski definition) is 2. The van der Waals surface area contributed by atoms with Crippen molar-refractivity contribution in [1.29, 1.82) is 0 Å². The highest BCUT2D eigenvalue weighted by molar-refractivity contribution is 5.80. The fourth-order valence-corrected chi connectivity index (χ4v) is 2.33. The number of carboxylic acids is 1. The lowest BCUT2D eigenvalue weighted by Gasteiger charge is -2.27. The van der Waals surface area contributed by atoms with Gasteiger partial charge in [-0.1, -0.05) is 13.3 Å². The summed E-state index contributed by atoms with van der Waals surface area (Å²) in [6.45, 7) is 4.78. The first kappa shape index (κ1) is 15.0. The molecule has 1 fully saturated rings. The largest absolute Gasteiger partial charge is 0.481 e. The minimum atomic E-state index is -0.826. The van der Waals surface area contributed by atoms with Gasteiger partial charge in [0.2, 0.25) is 5.91 Å². The van der Waals surface area contributed by atoms with Crippen LogP contribution in [0.4, 0.5) is 0 Å². The van der Waals surface area contributed by atoms with Gasteiger partial charge in [-0.25, -0.2) is 0 Å². The molecule has 18 heavy (non-hydrogen) atoms. The first-order valence-corrected chi connectivity index (χ1v) is 6.61. The lowest BCUT2D eigenvalue weighted by atomic mass is 9.85. The molecule has 1 saturated carbocycles. The zero-order chi connectivity index (χ0) is 13.6. The smallest absolute Gasteiger partial charge is 0.311 e. The highest BCUT2D eigenvalue weighted by atomic mass is 16.5. The third kappa shape index (κ3) is 3.70. The number of amides is 1. The molecule has 5 heteroatoms. The zero-order valence-electron chi connectivity index (χ0n) is 11.2. The Labute approximate surface area is 108 Å². The first-order chi connectivity index (χ1) is 8.50. The highest BCUT2D eigenvalue weighted by Gasteiger charge is 2.45. The minimum absolute atomic E-state index is 0.120. The van der Waals surface area contributed by atoms with Crippen molar-refractivity contribution in [2.75, 3.05) is 13.2 Å². The molecule has 0 aromatic carbocycles. The van der Waals surface area contributed by atoms with E-state index in [1.165, 1.54) is 0 Å². The van der Waals surface area contributed by atoms with Crippen LogP contribution < -0.4 is 5.32 Å². The molecule has 0 spiro atoms. The Hall–Kier alpha value is -1.10. The second kappa shape index (κ2) is 6.73. The molecule has 2 atom stereocenters. The third-order valence-corrected chi connectivity index (χ3v) is 3.60. The summed E-state index contributed by atoms with van der Waals surface area (Å²) in [5.74, 6) is -0.946.